The third-order valence-electron chi connectivity index (χ3n) is 4.32. The smallest absolute Gasteiger partial charge is 0.225 e. The summed E-state index contributed by atoms with van der Waals surface area (Å²) in [5, 5.41) is 2.82. The summed E-state index contributed by atoms with van der Waals surface area (Å²) in [4.78, 5) is 13.5. The minimum absolute atomic E-state index is 0.0459. The molecule has 29 heavy (non-hydrogen) atoms. The molecule has 4 nitrogen and oxygen atoms in total. The number of hydrogen-bond donors (Lipinski definition) is 1. The summed E-state index contributed by atoms with van der Waals surface area (Å²) in [5.74, 6) is 0.540. The molecule has 0 saturated heterocycles. The van der Waals surface area contributed by atoms with E-state index < -0.39 is 9.84 Å². The van der Waals surface area contributed by atoms with Crippen LogP contribution in [0.5, 0.6) is 0 Å². The van der Waals surface area contributed by atoms with Gasteiger partial charge in [-0.3, -0.25) is 4.79 Å². The number of sulfone groups is 1. The molecule has 0 heterocycles. The normalized spacial score (nSPS) is 11.2. The van der Waals surface area contributed by atoms with Gasteiger partial charge in [0.25, 0.3) is 0 Å². The second-order valence-electron chi connectivity index (χ2n) is 6.73. The molecule has 150 valence electrons. The van der Waals surface area contributed by atoms with Gasteiger partial charge in [-0.05, 0) is 48.9 Å². The van der Waals surface area contributed by atoms with Gasteiger partial charge in [-0.2, -0.15) is 0 Å². The lowest BCUT2D eigenvalue weighted by atomic mass is 10.2. The third kappa shape index (κ3) is 6.48. The van der Waals surface area contributed by atoms with Crippen LogP contribution >= 0.6 is 11.8 Å². The van der Waals surface area contributed by atoms with Crippen molar-refractivity contribution in [3.8, 4) is 0 Å². The fourth-order valence-corrected chi connectivity index (χ4v) is 4.96. The Morgan fingerprint density at radius 2 is 1.55 bits per heavy atom. The van der Waals surface area contributed by atoms with Gasteiger partial charge in [0.15, 0.2) is 9.84 Å². The lowest BCUT2D eigenvalue weighted by Crippen LogP contribution is -2.12. The van der Waals surface area contributed by atoms with Crippen LogP contribution in [0.15, 0.2) is 88.7 Å². The number of nitrogens with one attached hydrogen (secondary N) is 1. The largest absolute Gasteiger partial charge is 0.326 e. The van der Waals surface area contributed by atoms with Gasteiger partial charge in [0.2, 0.25) is 5.91 Å². The van der Waals surface area contributed by atoms with E-state index in [0.29, 0.717) is 17.9 Å². The van der Waals surface area contributed by atoms with Crippen LogP contribution in [0, 0.1) is 6.92 Å². The molecular weight excluding hydrogens is 402 g/mol. The van der Waals surface area contributed by atoms with E-state index in [2.05, 4.69) is 5.32 Å². The van der Waals surface area contributed by atoms with Gasteiger partial charge in [-0.25, -0.2) is 8.42 Å². The van der Waals surface area contributed by atoms with Crippen molar-refractivity contribution in [2.45, 2.75) is 28.9 Å². The van der Waals surface area contributed by atoms with Crippen LogP contribution in [-0.4, -0.2) is 20.1 Å². The minimum Gasteiger partial charge on any atom is -0.326 e. The lowest BCUT2D eigenvalue weighted by Gasteiger charge is -2.08. The molecule has 0 spiro atoms. The molecule has 3 aromatic carbocycles. The molecule has 0 aliphatic heterocycles. The van der Waals surface area contributed by atoms with Gasteiger partial charge in [0, 0.05) is 22.8 Å². The monoisotopic (exact) mass is 425 g/mol. The Morgan fingerprint density at radius 3 is 2.21 bits per heavy atom. The van der Waals surface area contributed by atoms with Crippen molar-refractivity contribution >= 4 is 33.2 Å². The zero-order chi connectivity index (χ0) is 20.7. The van der Waals surface area contributed by atoms with E-state index in [-0.39, 0.29) is 16.6 Å². The number of carbonyl (C=O) groups is 1. The highest BCUT2D eigenvalue weighted by Crippen LogP contribution is 2.21. The Hall–Kier alpha value is -2.57. The molecule has 0 atom stereocenters. The average molecular weight is 426 g/mol. The van der Waals surface area contributed by atoms with E-state index in [4.69, 9.17) is 0 Å². The molecule has 1 N–H and O–H groups in total. The molecule has 0 bridgehead atoms. The van der Waals surface area contributed by atoms with Crippen molar-refractivity contribution in [3.05, 3.63) is 90.0 Å². The minimum atomic E-state index is -3.43. The first-order valence-electron chi connectivity index (χ1n) is 9.28. The van der Waals surface area contributed by atoms with E-state index in [0.717, 1.165) is 16.0 Å². The maximum Gasteiger partial charge on any atom is 0.225 e. The maximum atomic E-state index is 12.6. The summed E-state index contributed by atoms with van der Waals surface area (Å²) < 4.78 is 25.2. The Morgan fingerprint density at radius 1 is 0.897 bits per heavy atom. The first kappa shape index (κ1) is 21.1. The van der Waals surface area contributed by atoms with Crippen molar-refractivity contribution in [1.29, 1.82) is 0 Å². The zero-order valence-corrected chi connectivity index (χ0v) is 17.8. The van der Waals surface area contributed by atoms with Crippen LogP contribution in [0.25, 0.3) is 0 Å². The number of hydrogen-bond acceptors (Lipinski definition) is 4. The fourth-order valence-electron chi connectivity index (χ4n) is 2.73. The Bertz CT molecular complexity index is 1050. The molecule has 6 heteroatoms. The van der Waals surface area contributed by atoms with Crippen molar-refractivity contribution in [3.63, 3.8) is 0 Å². The molecule has 0 aliphatic carbocycles. The molecule has 0 aromatic heterocycles. The van der Waals surface area contributed by atoms with Crippen molar-refractivity contribution in [2.75, 3.05) is 11.1 Å². The molecule has 0 unspecified atom stereocenters. The number of amides is 1. The molecule has 0 saturated carbocycles. The highest BCUT2D eigenvalue weighted by Gasteiger charge is 2.15. The molecule has 1 amide bonds. The van der Waals surface area contributed by atoms with E-state index in [1.807, 2.05) is 61.5 Å². The summed E-state index contributed by atoms with van der Waals surface area (Å²) in [6.45, 7) is 1.96. The van der Waals surface area contributed by atoms with Crippen LogP contribution in [0.4, 0.5) is 5.69 Å². The summed E-state index contributed by atoms with van der Waals surface area (Å²) in [5.41, 5.74) is 2.44. The number of rotatable bonds is 8. The Balaban J connectivity index is 1.53. The number of benzene rings is 3. The molecule has 0 aliphatic rings. The molecule has 0 fully saturated rings. The molecular formula is C23H23NO3S2. The quantitative estimate of drug-likeness (QED) is 0.511. The van der Waals surface area contributed by atoms with Gasteiger partial charge < -0.3 is 5.32 Å². The Kier molecular flexibility index (Phi) is 7.12. The zero-order valence-electron chi connectivity index (χ0n) is 16.2. The number of thioether (sulfide) groups is 1. The van der Waals surface area contributed by atoms with Gasteiger partial charge in [-0.15, -0.1) is 11.8 Å². The second kappa shape index (κ2) is 9.76. The molecule has 3 aromatic rings. The summed E-state index contributed by atoms with van der Waals surface area (Å²) in [6.07, 6.45) is 0.382. The topological polar surface area (TPSA) is 63.2 Å². The van der Waals surface area contributed by atoms with Gasteiger partial charge in [0.05, 0.1) is 10.6 Å². The van der Waals surface area contributed by atoms with Crippen LogP contribution in [0.3, 0.4) is 0 Å². The first-order valence-corrected chi connectivity index (χ1v) is 11.9. The number of anilines is 1. The standard InChI is InChI=1S/C23H23NO3S2/c1-18-7-9-19(10-8-18)17-29(26,27)22-13-11-20(12-14-22)24-23(25)15-16-28-21-5-3-2-4-6-21/h2-14H,15-17H2,1H3,(H,24,25). The third-order valence-corrected chi connectivity index (χ3v) is 7.03. The number of aryl methyl sites for hydroxylation is 1. The van der Waals surface area contributed by atoms with Crippen molar-refractivity contribution in [2.24, 2.45) is 0 Å². The maximum absolute atomic E-state index is 12.6. The predicted molar refractivity (Wildman–Crippen MR) is 119 cm³/mol. The van der Waals surface area contributed by atoms with Crippen molar-refractivity contribution < 1.29 is 13.2 Å². The van der Waals surface area contributed by atoms with Gasteiger partial charge in [0.1, 0.15) is 0 Å². The molecule has 0 radical (unpaired) electrons. The van der Waals surface area contributed by atoms with E-state index in [1.54, 1.807) is 23.9 Å². The summed E-state index contributed by atoms with van der Waals surface area (Å²) in [6, 6.07) is 23.7. The van der Waals surface area contributed by atoms with Gasteiger partial charge >= 0.3 is 0 Å². The molecule has 3 rings (SSSR count). The van der Waals surface area contributed by atoms with Crippen LogP contribution in [0.2, 0.25) is 0 Å². The van der Waals surface area contributed by atoms with Crippen LogP contribution < -0.4 is 5.32 Å². The Labute approximate surface area is 176 Å². The van der Waals surface area contributed by atoms with Crippen LogP contribution in [0.1, 0.15) is 17.5 Å². The SMILES string of the molecule is Cc1ccc(CS(=O)(=O)c2ccc(NC(=O)CCSc3ccccc3)cc2)cc1. The van der Waals surface area contributed by atoms with E-state index in [1.165, 1.54) is 12.1 Å². The number of carbonyl (C=O) groups excluding carboxylic acids is 1. The highest BCUT2D eigenvalue weighted by molar-refractivity contribution is 7.99. The average Bonchev–Trinajstić information content (AvgIpc) is 2.71. The van der Waals surface area contributed by atoms with Gasteiger partial charge in [-0.1, -0.05) is 48.0 Å². The lowest BCUT2D eigenvalue weighted by molar-refractivity contribution is -0.115. The fraction of sp³-hybridized carbons (Fsp3) is 0.174. The van der Waals surface area contributed by atoms with Crippen LogP contribution in [-0.2, 0) is 20.4 Å². The second-order valence-corrected chi connectivity index (χ2v) is 9.89. The summed E-state index contributed by atoms with van der Waals surface area (Å²) in [7, 11) is -3.43. The first-order chi connectivity index (χ1) is 13.9. The van der Waals surface area contributed by atoms with Crippen molar-refractivity contribution in [1.82, 2.24) is 0 Å². The van der Waals surface area contributed by atoms with E-state index in [9.17, 15) is 13.2 Å². The predicted octanol–water partition coefficient (Wildman–Crippen LogP) is 5.09. The summed E-state index contributed by atoms with van der Waals surface area (Å²) >= 11 is 1.63. The van der Waals surface area contributed by atoms with E-state index >= 15 is 0 Å². The highest BCUT2D eigenvalue weighted by atomic mass is 32.2.